The zero-order valence-electron chi connectivity index (χ0n) is 35.2. The maximum atomic E-state index is 12.4. The molecule has 8 rings (SSSR count). The lowest BCUT2D eigenvalue weighted by Crippen LogP contribution is -2.40. The van der Waals surface area contributed by atoms with Gasteiger partial charge >= 0.3 is 5.69 Å². The van der Waals surface area contributed by atoms with Crippen LogP contribution < -0.4 is 27.4 Å². The summed E-state index contributed by atoms with van der Waals surface area (Å²) in [5.41, 5.74) is 15.5. The topological polar surface area (TPSA) is 199 Å². The van der Waals surface area contributed by atoms with Gasteiger partial charge in [0.2, 0.25) is 17.2 Å². The largest absolute Gasteiger partial charge is 0.399 e. The summed E-state index contributed by atoms with van der Waals surface area (Å²) in [6.45, 7) is 24.8. The Kier molecular flexibility index (Phi) is 19.1. The molecule has 0 spiro atoms. The Bertz CT molecular complexity index is 2590. The van der Waals surface area contributed by atoms with E-state index < -0.39 is 21.4 Å². The summed E-state index contributed by atoms with van der Waals surface area (Å²) in [6.07, 6.45) is 2.82. The van der Waals surface area contributed by atoms with E-state index in [9.17, 15) is 24.6 Å². The highest BCUT2D eigenvalue weighted by Crippen LogP contribution is 2.40. The number of nitro groups is 2. The van der Waals surface area contributed by atoms with Crippen molar-refractivity contribution in [1.82, 2.24) is 10.2 Å². The normalized spacial score (nSPS) is 12.3. The average molecular weight is 910 g/mol. The summed E-state index contributed by atoms with van der Waals surface area (Å²) in [4.78, 5) is 36.8. The van der Waals surface area contributed by atoms with Crippen molar-refractivity contribution < 1.29 is 14.2 Å². The smallest absolute Gasteiger partial charge is 0.304 e. The number of halogens is 1. The first-order valence-corrected chi connectivity index (χ1v) is 22.1. The van der Waals surface area contributed by atoms with Crippen LogP contribution in [0, 0.1) is 39.2 Å². The number of rotatable bonds is 7. The number of nitrogens with zero attached hydrogens (tertiary/aromatic N) is 6. The molecule has 5 heterocycles. The molecule has 7 N–H and O–H groups in total. The third-order valence-electron chi connectivity index (χ3n) is 9.03. The van der Waals surface area contributed by atoms with Crippen LogP contribution in [-0.2, 0) is 19.3 Å². The van der Waals surface area contributed by atoms with Gasteiger partial charge in [-0.15, -0.1) is 34.0 Å². The van der Waals surface area contributed by atoms with Crippen LogP contribution >= 0.6 is 34.0 Å². The Morgan fingerprint density at radius 2 is 1.35 bits per heavy atom. The molecule has 3 aromatic carbocycles. The minimum Gasteiger partial charge on any atom is -0.399 e. The summed E-state index contributed by atoms with van der Waals surface area (Å²) in [5, 5.41) is 33.0. The second-order valence-electron chi connectivity index (χ2n) is 13.4. The van der Waals surface area contributed by atoms with Crippen molar-refractivity contribution in [1.29, 1.82) is 0 Å². The Morgan fingerprint density at radius 3 is 1.89 bits per heavy atom. The summed E-state index contributed by atoms with van der Waals surface area (Å²) >= 11 is 4.70. The molecule has 6 aromatic rings. The van der Waals surface area contributed by atoms with Crippen LogP contribution in [0.5, 0.6) is 0 Å². The maximum Gasteiger partial charge on any atom is 0.304 e. The molecule has 1 saturated heterocycles. The van der Waals surface area contributed by atoms with E-state index in [1.807, 2.05) is 43.3 Å². The number of anilines is 5. The van der Waals surface area contributed by atoms with Gasteiger partial charge in [-0.25, -0.2) is 14.7 Å². The monoisotopic (exact) mass is 909 g/mol. The number of piperazine rings is 1. The molecule has 2 aliphatic heterocycles. The van der Waals surface area contributed by atoms with E-state index in [0.717, 1.165) is 71.3 Å². The number of amidine groups is 1. The van der Waals surface area contributed by atoms with Gasteiger partial charge < -0.3 is 32.3 Å². The van der Waals surface area contributed by atoms with Crippen molar-refractivity contribution in [3.05, 3.63) is 160 Å². The predicted octanol–water partition coefficient (Wildman–Crippen LogP) is 11.6. The fourth-order valence-electron chi connectivity index (χ4n) is 5.61. The van der Waals surface area contributed by atoms with Crippen LogP contribution in [0.15, 0.2) is 96.0 Å². The van der Waals surface area contributed by atoms with Crippen LogP contribution in [0.2, 0.25) is 0 Å². The number of aryl methyl sites for hydroxylation is 3. The number of benzene rings is 3. The van der Waals surface area contributed by atoms with E-state index in [4.69, 9.17) is 24.6 Å². The summed E-state index contributed by atoms with van der Waals surface area (Å²) in [5.74, 6) is -0.207. The van der Waals surface area contributed by atoms with Crippen LogP contribution in [0.3, 0.4) is 0 Å². The molecule has 19 heteroatoms. The molecule has 63 heavy (non-hydrogen) atoms. The predicted molar refractivity (Wildman–Crippen MR) is 258 cm³/mol. The lowest BCUT2D eigenvalue weighted by atomic mass is 10.2. The highest BCUT2D eigenvalue weighted by atomic mass is 32.1. The fraction of sp³-hybridized carbons (Fsp3) is 0.250. The minimum atomic E-state index is -0.799. The van der Waals surface area contributed by atoms with Gasteiger partial charge in [-0.1, -0.05) is 57.2 Å². The van der Waals surface area contributed by atoms with Gasteiger partial charge in [-0.3, -0.25) is 20.2 Å². The average Bonchev–Trinajstić information content (AvgIpc) is 3.99. The summed E-state index contributed by atoms with van der Waals surface area (Å²) < 4.78 is 12.4. The zero-order chi connectivity index (χ0) is 45.9. The number of nitro benzene ring substituents is 2. The van der Waals surface area contributed by atoms with Crippen LogP contribution in [-0.4, -0.2) is 53.8 Å². The van der Waals surface area contributed by atoms with Crippen molar-refractivity contribution >= 4 is 94.7 Å². The van der Waals surface area contributed by atoms with Crippen molar-refractivity contribution in [3.63, 3.8) is 0 Å². The van der Waals surface area contributed by atoms with Crippen molar-refractivity contribution in [2.45, 2.75) is 40.0 Å². The van der Waals surface area contributed by atoms with E-state index >= 15 is 0 Å². The van der Waals surface area contributed by atoms with Crippen molar-refractivity contribution in [2.75, 3.05) is 49.6 Å². The number of hydrogen-bond donors (Lipinski definition) is 5. The Balaban J connectivity index is 0.000000181. The molecule has 2 aliphatic rings. The van der Waals surface area contributed by atoms with Crippen molar-refractivity contribution in [2.24, 2.45) is 10.7 Å². The van der Waals surface area contributed by atoms with Crippen LogP contribution in [0.1, 0.15) is 41.0 Å². The Labute approximate surface area is 377 Å². The van der Waals surface area contributed by atoms with E-state index in [-0.39, 0.29) is 5.69 Å². The lowest BCUT2D eigenvalue weighted by Gasteiger charge is -2.21. The summed E-state index contributed by atoms with van der Waals surface area (Å²) in [6, 6.07) is 25.2. The fourth-order valence-corrected chi connectivity index (χ4v) is 8.38. The SMILES string of the molecule is CCc1cc2c(s1)Nc1ccccc1N=C2N.CN1CCNCC1.O=[N+]([O-])c1ccccc1F.[C-]#[N+]c1cc(CC)sc1N.[C-]#[N+]c1cc(CC)sc1Nc1ccccc1[N+](=O)[O-]. The molecule has 0 bridgehead atoms. The number of hydrogen-bond acceptors (Lipinski definition) is 14. The molecule has 0 atom stereocenters. The number of nitrogens with one attached hydrogen (secondary N) is 3. The first kappa shape index (κ1) is 48.9. The number of nitrogen functional groups attached to an aromatic ring is 1. The first-order chi connectivity index (χ1) is 30.3. The number of aliphatic imine (C=N–C) groups is 1. The van der Waals surface area contributed by atoms with Gasteiger partial charge in [0.25, 0.3) is 5.69 Å². The van der Waals surface area contributed by atoms with Crippen molar-refractivity contribution in [3.8, 4) is 0 Å². The van der Waals surface area contributed by atoms with E-state index in [1.165, 1.54) is 63.7 Å². The minimum absolute atomic E-state index is 0.00452. The molecule has 0 radical (unpaired) electrons. The molecule has 0 aliphatic carbocycles. The third kappa shape index (κ3) is 14.4. The molecule has 1 fully saturated rings. The molecular formula is C44H48FN11O4S3. The summed E-state index contributed by atoms with van der Waals surface area (Å²) in [7, 11) is 2.15. The third-order valence-corrected chi connectivity index (χ3v) is 12.5. The Morgan fingerprint density at radius 1 is 0.794 bits per heavy atom. The van der Waals surface area contributed by atoms with E-state index in [1.54, 1.807) is 29.5 Å². The highest BCUT2D eigenvalue weighted by molar-refractivity contribution is 7.17. The molecule has 15 nitrogen and oxygen atoms in total. The van der Waals surface area contributed by atoms with Gasteiger partial charge in [0, 0.05) is 43.2 Å². The number of nitrogens with two attached hydrogens (primary N) is 2. The van der Waals surface area contributed by atoms with E-state index in [0.29, 0.717) is 32.9 Å². The van der Waals surface area contributed by atoms with Gasteiger partial charge in [0.1, 0.15) is 16.5 Å². The zero-order valence-corrected chi connectivity index (χ0v) is 37.6. The lowest BCUT2D eigenvalue weighted by molar-refractivity contribution is -0.387. The van der Waals surface area contributed by atoms with Gasteiger partial charge in [-0.05, 0) is 78.5 Å². The Hall–Kier alpha value is -6.74. The van der Waals surface area contributed by atoms with E-state index in [2.05, 4.69) is 62.5 Å². The van der Waals surface area contributed by atoms with Gasteiger partial charge in [0.15, 0.2) is 0 Å². The highest BCUT2D eigenvalue weighted by Gasteiger charge is 2.18. The first-order valence-electron chi connectivity index (χ1n) is 19.7. The van der Waals surface area contributed by atoms with Gasteiger partial charge in [-0.2, -0.15) is 4.39 Å². The van der Waals surface area contributed by atoms with Gasteiger partial charge in [0.05, 0.1) is 49.9 Å². The standard InChI is InChI=1S/C13H11N3O2S.C13H13N3S.C7H8N2S.C6H4FNO2.C5H12N2/c1-3-9-8-11(14-2)13(19-9)15-10-6-4-5-7-12(10)16(17)18;1-2-8-7-9-12(14)15-10-5-3-4-6-11(10)16-13(9)17-8;1-3-5-4-6(9-2)7(8)10-5;7-5-3-1-2-4-6(5)8(9)10;1-7-4-2-6-3-5-7/h4-8,15H,3H2,1H3;3-7,16H,2H2,1H3,(H2,14,15);4H,3,8H2,1H3;1-4H;6H,2-5H2,1H3. The molecule has 0 saturated carbocycles. The quantitative estimate of drug-likeness (QED) is 0.0583. The second-order valence-corrected chi connectivity index (χ2v) is 16.9. The molecule has 0 amide bonds. The number of para-hydroxylation sites is 5. The molecule has 0 unspecified atom stereocenters. The van der Waals surface area contributed by atoms with Crippen LogP contribution in [0.4, 0.5) is 59.2 Å². The number of fused-ring (bicyclic) bond motifs is 2. The number of thiophene rings is 3. The molecular weight excluding hydrogens is 862 g/mol. The number of likely N-dealkylation sites (N-methyl/N-ethyl adjacent to an activating group) is 1. The molecule has 328 valence electrons. The second kappa shape index (κ2) is 24.6. The van der Waals surface area contributed by atoms with Crippen LogP contribution in [0.25, 0.3) is 9.69 Å². The molecule has 3 aromatic heterocycles. The maximum absolute atomic E-state index is 12.4.